The molecular weight excluding hydrogens is 340 g/mol. The lowest BCUT2D eigenvalue weighted by atomic mass is 10.2. The minimum absolute atomic E-state index is 0.437. The second-order valence-corrected chi connectivity index (χ2v) is 6.00. The molecule has 0 aliphatic rings. The molecule has 0 amide bonds. The summed E-state index contributed by atoms with van der Waals surface area (Å²) in [6, 6.07) is 15.1. The zero-order valence-corrected chi connectivity index (χ0v) is 14.8. The predicted octanol–water partition coefficient (Wildman–Crippen LogP) is 3.92. The monoisotopic (exact) mass is 358 g/mol. The largest absolute Gasteiger partial charge is 0.493 e. The molecule has 1 heterocycles. The van der Waals surface area contributed by atoms with Crippen molar-refractivity contribution in [3.8, 4) is 28.7 Å². The van der Waals surface area contributed by atoms with Gasteiger partial charge in [0, 0.05) is 11.3 Å². The number of hydrogen-bond donors (Lipinski definition) is 0. The smallest absolute Gasteiger partial charge is 0.276 e. The maximum Gasteiger partial charge on any atom is 0.276 e. The van der Waals surface area contributed by atoms with Crippen LogP contribution in [0.5, 0.6) is 17.2 Å². The number of aromatic nitrogens is 2. The van der Waals surface area contributed by atoms with Crippen molar-refractivity contribution in [1.29, 1.82) is 0 Å². The quantitative estimate of drug-likeness (QED) is 0.446. The maximum absolute atomic E-state index is 5.68. The van der Waals surface area contributed by atoms with Gasteiger partial charge in [-0.3, -0.25) is 0 Å². The van der Waals surface area contributed by atoms with Gasteiger partial charge in [0.25, 0.3) is 5.22 Å². The van der Waals surface area contributed by atoms with Crippen LogP contribution in [-0.4, -0.2) is 36.8 Å². The van der Waals surface area contributed by atoms with E-state index in [1.165, 1.54) is 11.8 Å². The Bertz CT molecular complexity index is 808. The van der Waals surface area contributed by atoms with Crippen LogP contribution in [0.15, 0.2) is 58.2 Å². The summed E-state index contributed by atoms with van der Waals surface area (Å²) in [5.74, 6) is 3.26. The van der Waals surface area contributed by atoms with Crippen molar-refractivity contribution in [2.45, 2.75) is 5.22 Å². The summed E-state index contributed by atoms with van der Waals surface area (Å²) >= 11 is 1.45. The number of hydrogen-bond acceptors (Lipinski definition) is 7. The molecule has 0 atom stereocenters. The topological polar surface area (TPSA) is 66.6 Å². The van der Waals surface area contributed by atoms with Crippen LogP contribution in [0.3, 0.4) is 0 Å². The van der Waals surface area contributed by atoms with E-state index in [0.717, 1.165) is 11.3 Å². The fourth-order valence-electron chi connectivity index (χ4n) is 2.16. The summed E-state index contributed by atoms with van der Waals surface area (Å²) in [6.45, 7) is 0.558. The number of methoxy groups -OCH3 is 2. The number of nitrogens with zero attached hydrogens (tertiary/aromatic N) is 2. The SMILES string of the molecule is COc1ccc(-c2nnc(SCCOc3ccccc3)o2)cc1OC. The van der Waals surface area contributed by atoms with Crippen molar-refractivity contribution >= 4 is 11.8 Å². The van der Waals surface area contributed by atoms with Gasteiger partial charge in [-0.25, -0.2) is 0 Å². The van der Waals surface area contributed by atoms with Crippen molar-refractivity contribution in [2.75, 3.05) is 26.6 Å². The van der Waals surface area contributed by atoms with Gasteiger partial charge in [-0.15, -0.1) is 10.2 Å². The highest BCUT2D eigenvalue weighted by Gasteiger charge is 2.12. The first-order chi connectivity index (χ1) is 12.3. The molecule has 0 aliphatic carbocycles. The van der Waals surface area contributed by atoms with E-state index in [9.17, 15) is 0 Å². The highest BCUT2D eigenvalue weighted by molar-refractivity contribution is 7.99. The van der Waals surface area contributed by atoms with E-state index in [-0.39, 0.29) is 0 Å². The highest BCUT2D eigenvalue weighted by Crippen LogP contribution is 2.32. The number of rotatable bonds is 8. The van der Waals surface area contributed by atoms with Crippen molar-refractivity contribution in [1.82, 2.24) is 10.2 Å². The fraction of sp³-hybridized carbons (Fsp3) is 0.222. The number of benzene rings is 2. The summed E-state index contributed by atoms with van der Waals surface area (Å²) in [4.78, 5) is 0. The minimum atomic E-state index is 0.437. The molecule has 25 heavy (non-hydrogen) atoms. The van der Waals surface area contributed by atoms with E-state index in [4.69, 9.17) is 18.6 Å². The van der Waals surface area contributed by atoms with Gasteiger partial charge in [-0.1, -0.05) is 30.0 Å². The van der Waals surface area contributed by atoms with E-state index < -0.39 is 0 Å². The first-order valence-corrected chi connectivity index (χ1v) is 8.65. The van der Waals surface area contributed by atoms with Gasteiger partial charge in [-0.2, -0.15) is 0 Å². The molecule has 0 unspecified atom stereocenters. The van der Waals surface area contributed by atoms with E-state index in [0.29, 0.717) is 35.0 Å². The van der Waals surface area contributed by atoms with Crippen LogP contribution in [0.2, 0.25) is 0 Å². The Morgan fingerprint density at radius 2 is 1.76 bits per heavy atom. The van der Waals surface area contributed by atoms with Crippen LogP contribution in [0.1, 0.15) is 0 Å². The molecule has 6 nitrogen and oxygen atoms in total. The zero-order chi connectivity index (χ0) is 17.5. The molecule has 0 N–H and O–H groups in total. The minimum Gasteiger partial charge on any atom is -0.493 e. The first kappa shape index (κ1) is 17.2. The standard InChI is InChI=1S/C18H18N2O4S/c1-21-15-9-8-13(12-16(15)22-2)17-19-20-18(24-17)25-11-10-23-14-6-4-3-5-7-14/h3-9,12H,10-11H2,1-2H3. The average molecular weight is 358 g/mol. The highest BCUT2D eigenvalue weighted by atomic mass is 32.2. The lowest BCUT2D eigenvalue weighted by Gasteiger charge is -2.07. The fourth-order valence-corrected chi connectivity index (χ4v) is 2.74. The van der Waals surface area contributed by atoms with Crippen LogP contribution in [-0.2, 0) is 0 Å². The third-order valence-corrected chi connectivity index (χ3v) is 4.14. The Morgan fingerprint density at radius 1 is 0.960 bits per heavy atom. The van der Waals surface area contributed by atoms with Gasteiger partial charge in [-0.05, 0) is 30.3 Å². The van der Waals surface area contributed by atoms with Gasteiger partial charge in [0.1, 0.15) is 5.75 Å². The van der Waals surface area contributed by atoms with E-state index in [1.807, 2.05) is 36.4 Å². The Morgan fingerprint density at radius 3 is 2.52 bits per heavy atom. The number of para-hydroxylation sites is 1. The lowest BCUT2D eigenvalue weighted by Crippen LogP contribution is -1.99. The summed E-state index contributed by atoms with van der Waals surface area (Å²) in [6.07, 6.45) is 0. The van der Waals surface area contributed by atoms with Crippen molar-refractivity contribution in [3.63, 3.8) is 0 Å². The average Bonchev–Trinajstić information content (AvgIpc) is 3.14. The number of ether oxygens (including phenoxy) is 3. The predicted molar refractivity (Wildman–Crippen MR) is 95.5 cm³/mol. The Hall–Kier alpha value is -2.67. The number of thioether (sulfide) groups is 1. The maximum atomic E-state index is 5.68. The zero-order valence-electron chi connectivity index (χ0n) is 14.0. The molecule has 130 valence electrons. The van der Waals surface area contributed by atoms with E-state index in [2.05, 4.69) is 10.2 Å². The molecule has 0 bridgehead atoms. The summed E-state index contributed by atoms with van der Waals surface area (Å²) in [5.41, 5.74) is 0.775. The normalized spacial score (nSPS) is 10.5. The molecule has 0 saturated carbocycles. The van der Waals surface area contributed by atoms with E-state index in [1.54, 1.807) is 26.4 Å². The molecule has 0 saturated heterocycles. The van der Waals surface area contributed by atoms with Gasteiger partial charge < -0.3 is 18.6 Å². The Balaban J connectivity index is 1.57. The summed E-state index contributed by atoms with van der Waals surface area (Å²) in [5, 5.41) is 8.63. The second-order valence-electron chi connectivity index (χ2n) is 4.95. The molecule has 7 heteroatoms. The molecule has 3 aromatic rings. The van der Waals surface area contributed by atoms with Crippen LogP contribution >= 0.6 is 11.8 Å². The first-order valence-electron chi connectivity index (χ1n) is 7.66. The molecule has 0 radical (unpaired) electrons. The summed E-state index contributed by atoms with van der Waals surface area (Å²) in [7, 11) is 3.18. The molecule has 1 aromatic heterocycles. The Labute approximate surface area is 150 Å². The van der Waals surface area contributed by atoms with Gasteiger partial charge in [0.05, 0.1) is 20.8 Å². The molecule has 0 fully saturated rings. The molecule has 0 spiro atoms. The van der Waals surface area contributed by atoms with Crippen LogP contribution < -0.4 is 14.2 Å². The third-order valence-electron chi connectivity index (χ3n) is 3.36. The van der Waals surface area contributed by atoms with Crippen LogP contribution in [0, 0.1) is 0 Å². The molecule has 3 rings (SSSR count). The molecular formula is C18H18N2O4S. The van der Waals surface area contributed by atoms with Crippen molar-refractivity contribution in [3.05, 3.63) is 48.5 Å². The molecule has 2 aromatic carbocycles. The molecule has 0 aliphatic heterocycles. The van der Waals surface area contributed by atoms with Gasteiger partial charge in [0.15, 0.2) is 11.5 Å². The van der Waals surface area contributed by atoms with Crippen molar-refractivity contribution in [2.24, 2.45) is 0 Å². The van der Waals surface area contributed by atoms with Gasteiger partial charge >= 0.3 is 0 Å². The van der Waals surface area contributed by atoms with Crippen LogP contribution in [0.25, 0.3) is 11.5 Å². The summed E-state index contributed by atoms with van der Waals surface area (Å²) < 4.78 is 21.8. The third kappa shape index (κ3) is 4.45. The van der Waals surface area contributed by atoms with E-state index >= 15 is 0 Å². The second kappa shape index (κ2) is 8.43. The van der Waals surface area contributed by atoms with Crippen molar-refractivity contribution < 1.29 is 18.6 Å². The van der Waals surface area contributed by atoms with Crippen LogP contribution in [0.4, 0.5) is 0 Å². The Kier molecular flexibility index (Phi) is 5.79. The lowest BCUT2D eigenvalue weighted by molar-refractivity contribution is 0.343. The van der Waals surface area contributed by atoms with Gasteiger partial charge in [0.2, 0.25) is 5.89 Å².